The maximum absolute atomic E-state index is 13.3. The normalized spacial score (nSPS) is 13.1. The number of fused-ring (bicyclic) bond motifs is 1. The number of nitrogens with zero attached hydrogens (tertiary/aromatic N) is 3. The fourth-order valence-corrected chi connectivity index (χ4v) is 3.81. The SMILES string of the molecule is O=C(c1cnc(-c2ccc(Cl)cc2)[nH]c1=O)N1CCc2noc(-c3ccc(F)cc3)c2C1. The summed E-state index contributed by atoms with van der Waals surface area (Å²) < 4.78 is 18.7. The lowest BCUT2D eigenvalue weighted by molar-refractivity contribution is 0.0732. The van der Waals surface area contributed by atoms with E-state index in [1.54, 1.807) is 41.3 Å². The van der Waals surface area contributed by atoms with Crippen molar-refractivity contribution in [3.05, 3.63) is 92.7 Å². The Morgan fingerprint density at radius 1 is 1.09 bits per heavy atom. The summed E-state index contributed by atoms with van der Waals surface area (Å²) >= 11 is 5.90. The molecule has 5 rings (SSSR count). The van der Waals surface area contributed by atoms with Gasteiger partial charge in [0.1, 0.15) is 17.2 Å². The quantitative estimate of drug-likeness (QED) is 0.507. The van der Waals surface area contributed by atoms with Crippen molar-refractivity contribution in [3.63, 3.8) is 0 Å². The van der Waals surface area contributed by atoms with Crippen LogP contribution in [0, 0.1) is 5.82 Å². The molecule has 160 valence electrons. The van der Waals surface area contributed by atoms with Crippen LogP contribution in [0.5, 0.6) is 0 Å². The second-order valence-electron chi connectivity index (χ2n) is 7.40. The van der Waals surface area contributed by atoms with Crippen molar-refractivity contribution < 1.29 is 13.7 Å². The number of aromatic amines is 1. The van der Waals surface area contributed by atoms with E-state index in [-0.39, 0.29) is 17.9 Å². The highest BCUT2D eigenvalue weighted by atomic mass is 35.5. The molecule has 0 fully saturated rings. The lowest BCUT2D eigenvalue weighted by Gasteiger charge is -2.26. The van der Waals surface area contributed by atoms with Gasteiger partial charge < -0.3 is 14.4 Å². The van der Waals surface area contributed by atoms with Crippen LogP contribution in [-0.2, 0) is 13.0 Å². The highest BCUT2D eigenvalue weighted by molar-refractivity contribution is 6.30. The zero-order chi connectivity index (χ0) is 22.2. The van der Waals surface area contributed by atoms with Gasteiger partial charge in [-0.15, -0.1) is 0 Å². The van der Waals surface area contributed by atoms with Crippen molar-refractivity contribution in [3.8, 4) is 22.7 Å². The summed E-state index contributed by atoms with van der Waals surface area (Å²) in [4.78, 5) is 34.2. The summed E-state index contributed by atoms with van der Waals surface area (Å²) in [6.07, 6.45) is 1.77. The number of carbonyl (C=O) groups excluding carboxylic acids is 1. The summed E-state index contributed by atoms with van der Waals surface area (Å²) in [6, 6.07) is 12.7. The molecule has 0 saturated carbocycles. The fraction of sp³-hybridized carbons (Fsp3) is 0.130. The molecular weight excluding hydrogens is 435 g/mol. The van der Waals surface area contributed by atoms with Crippen molar-refractivity contribution >= 4 is 17.5 Å². The van der Waals surface area contributed by atoms with E-state index < -0.39 is 11.5 Å². The van der Waals surface area contributed by atoms with Gasteiger partial charge in [-0.2, -0.15) is 0 Å². The van der Waals surface area contributed by atoms with E-state index in [0.717, 1.165) is 11.3 Å². The first-order valence-corrected chi connectivity index (χ1v) is 10.3. The molecule has 0 spiro atoms. The first kappa shape index (κ1) is 20.1. The maximum atomic E-state index is 13.3. The molecule has 1 aliphatic heterocycles. The van der Waals surface area contributed by atoms with Crippen LogP contribution in [-0.4, -0.2) is 32.5 Å². The van der Waals surface area contributed by atoms with E-state index in [2.05, 4.69) is 15.1 Å². The number of benzene rings is 2. The average Bonchev–Trinajstić information content (AvgIpc) is 3.23. The number of rotatable bonds is 3. The third-order valence-corrected chi connectivity index (χ3v) is 5.63. The molecule has 7 nitrogen and oxygen atoms in total. The predicted molar refractivity (Wildman–Crippen MR) is 116 cm³/mol. The molecule has 3 heterocycles. The summed E-state index contributed by atoms with van der Waals surface area (Å²) in [7, 11) is 0. The Kier molecular flexibility index (Phi) is 5.07. The molecule has 32 heavy (non-hydrogen) atoms. The zero-order valence-corrected chi connectivity index (χ0v) is 17.4. The summed E-state index contributed by atoms with van der Waals surface area (Å²) in [6.45, 7) is 0.613. The van der Waals surface area contributed by atoms with Gasteiger partial charge in [0.2, 0.25) is 0 Å². The van der Waals surface area contributed by atoms with Gasteiger partial charge in [0.25, 0.3) is 11.5 Å². The van der Waals surface area contributed by atoms with E-state index in [0.29, 0.717) is 40.7 Å². The third kappa shape index (κ3) is 3.69. The van der Waals surface area contributed by atoms with Crippen LogP contribution in [0.15, 0.2) is 64.0 Å². The van der Waals surface area contributed by atoms with Gasteiger partial charge >= 0.3 is 0 Å². The van der Waals surface area contributed by atoms with Gasteiger partial charge in [-0.1, -0.05) is 16.8 Å². The monoisotopic (exact) mass is 450 g/mol. The van der Waals surface area contributed by atoms with Crippen LogP contribution >= 0.6 is 11.6 Å². The molecular formula is C23H16ClFN4O3. The van der Waals surface area contributed by atoms with Crippen LogP contribution in [0.2, 0.25) is 5.02 Å². The highest BCUT2D eigenvalue weighted by Crippen LogP contribution is 2.31. The number of halogens is 2. The molecule has 2 aromatic carbocycles. The number of carbonyl (C=O) groups is 1. The molecule has 4 aromatic rings. The van der Waals surface area contributed by atoms with Crippen LogP contribution < -0.4 is 5.56 Å². The predicted octanol–water partition coefficient (Wildman–Crippen LogP) is 4.08. The van der Waals surface area contributed by atoms with Crippen LogP contribution in [0.25, 0.3) is 22.7 Å². The smallest absolute Gasteiger partial charge is 0.264 e. The second kappa shape index (κ2) is 8.05. The molecule has 0 atom stereocenters. The largest absolute Gasteiger partial charge is 0.356 e. The zero-order valence-electron chi connectivity index (χ0n) is 16.6. The van der Waals surface area contributed by atoms with Gasteiger partial charge in [-0.3, -0.25) is 9.59 Å². The van der Waals surface area contributed by atoms with E-state index in [9.17, 15) is 14.0 Å². The summed E-state index contributed by atoms with van der Waals surface area (Å²) in [5, 5.41) is 4.67. The molecule has 1 aliphatic rings. The Bertz CT molecular complexity index is 1360. The van der Waals surface area contributed by atoms with Gasteiger partial charge in [0.15, 0.2) is 5.76 Å². The first-order chi connectivity index (χ1) is 15.5. The van der Waals surface area contributed by atoms with Crippen LogP contribution in [0.4, 0.5) is 4.39 Å². The molecule has 1 N–H and O–H groups in total. The van der Waals surface area contributed by atoms with E-state index in [1.165, 1.54) is 18.3 Å². The van der Waals surface area contributed by atoms with Gasteiger partial charge in [-0.05, 0) is 48.5 Å². The number of amides is 1. The average molecular weight is 451 g/mol. The Balaban J connectivity index is 1.41. The van der Waals surface area contributed by atoms with Crippen molar-refractivity contribution in [2.75, 3.05) is 6.54 Å². The maximum Gasteiger partial charge on any atom is 0.264 e. The highest BCUT2D eigenvalue weighted by Gasteiger charge is 2.29. The van der Waals surface area contributed by atoms with E-state index in [4.69, 9.17) is 16.1 Å². The molecule has 9 heteroatoms. The van der Waals surface area contributed by atoms with Crippen LogP contribution in [0.1, 0.15) is 21.6 Å². The minimum atomic E-state index is -0.523. The summed E-state index contributed by atoms with van der Waals surface area (Å²) in [5.74, 6) is 0.0513. The molecule has 1 amide bonds. The van der Waals surface area contributed by atoms with Gasteiger partial charge in [0, 0.05) is 40.9 Å². The summed E-state index contributed by atoms with van der Waals surface area (Å²) in [5.41, 5.74) is 2.27. The van der Waals surface area contributed by atoms with Crippen molar-refractivity contribution in [2.45, 2.75) is 13.0 Å². The third-order valence-electron chi connectivity index (χ3n) is 5.38. The molecule has 0 aliphatic carbocycles. The lowest BCUT2D eigenvalue weighted by Crippen LogP contribution is -2.38. The first-order valence-electron chi connectivity index (χ1n) is 9.87. The molecule has 0 bridgehead atoms. The lowest BCUT2D eigenvalue weighted by atomic mass is 10.0. The number of hydrogen-bond donors (Lipinski definition) is 1. The second-order valence-corrected chi connectivity index (χ2v) is 7.84. The van der Waals surface area contributed by atoms with E-state index in [1.807, 2.05) is 0 Å². The van der Waals surface area contributed by atoms with Crippen molar-refractivity contribution in [1.82, 2.24) is 20.0 Å². The topological polar surface area (TPSA) is 92.1 Å². The van der Waals surface area contributed by atoms with Gasteiger partial charge in [0.05, 0.1) is 12.2 Å². The Hall–Kier alpha value is -3.78. The van der Waals surface area contributed by atoms with Crippen molar-refractivity contribution in [2.24, 2.45) is 0 Å². The fourth-order valence-electron chi connectivity index (χ4n) is 3.69. The van der Waals surface area contributed by atoms with Gasteiger partial charge in [-0.25, -0.2) is 9.37 Å². The molecule has 0 radical (unpaired) electrons. The molecule has 0 saturated heterocycles. The minimum absolute atomic E-state index is 0.0500. The molecule has 2 aromatic heterocycles. The Labute approximate surface area is 186 Å². The Morgan fingerprint density at radius 2 is 1.81 bits per heavy atom. The minimum Gasteiger partial charge on any atom is -0.356 e. The number of H-pyrrole nitrogens is 1. The standard InChI is InChI=1S/C23H16ClFN4O3/c24-15-5-1-14(2-6-15)21-26-11-17(22(30)27-21)23(31)29-10-9-19-18(12-29)20(32-28-19)13-3-7-16(25)8-4-13/h1-8,11H,9-10,12H2,(H,26,27,30). The molecule has 0 unspecified atom stereocenters. The number of nitrogens with one attached hydrogen (secondary N) is 1. The number of aromatic nitrogens is 3. The van der Waals surface area contributed by atoms with Crippen molar-refractivity contribution in [1.29, 1.82) is 0 Å². The Morgan fingerprint density at radius 3 is 2.53 bits per heavy atom. The van der Waals surface area contributed by atoms with E-state index >= 15 is 0 Å². The number of hydrogen-bond acceptors (Lipinski definition) is 5. The van der Waals surface area contributed by atoms with Crippen LogP contribution in [0.3, 0.4) is 0 Å².